The lowest BCUT2D eigenvalue weighted by Crippen LogP contribution is -2.51. The molecule has 0 aliphatic heterocycles. The molecule has 0 saturated heterocycles. The zero-order valence-electron chi connectivity index (χ0n) is 23.6. The third-order valence-corrected chi connectivity index (χ3v) is 8.41. The van der Waals surface area contributed by atoms with E-state index in [0.29, 0.717) is 12.2 Å². The van der Waals surface area contributed by atoms with Gasteiger partial charge >= 0.3 is 6.18 Å². The summed E-state index contributed by atoms with van der Waals surface area (Å²) in [5.41, 5.74) is -0.315. The van der Waals surface area contributed by atoms with E-state index in [1.165, 1.54) is 11.0 Å². The number of nitrogens with one attached hydrogen (secondary N) is 1. The van der Waals surface area contributed by atoms with Gasteiger partial charge in [-0.05, 0) is 61.6 Å². The number of alkyl halides is 3. The van der Waals surface area contributed by atoms with Crippen LogP contribution in [0.25, 0.3) is 0 Å². The third kappa shape index (κ3) is 9.11. The summed E-state index contributed by atoms with van der Waals surface area (Å²) in [6.45, 7) is 1.78. The Morgan fingerprint density at radius 3 is 2.32 bits per heavy atom. The highest BCUT2D eigenvalue weighted by Gasteiger charge is 2.33. The normalized spacial score (nSPS) is 14.9. The molecule has 2 aromatic carbocycles. The Morgan fingerprint density at radius 2 is 1.76 bits per heavy atom. The van der Waals surface area contributed by atoms with Crippen LogP contribution in [0.5, 0.6) is 5.75 Å². The number of nitrogens with zero attached hydrogens (tertiary/aromatic N) is 2. The summed E-state index contributed by atoms with van der Waals surface area (Å²) in [5.74, 6) is 0.0582. The van der Waals surface area contributed by atoms with Crippen molar-refractivity contribution in [3.05, 3.63) is 59.7 Å². The van der Waals surface area contributed by atoms with E-state index in [1.54, 1.807) is 31.4 Å². The molecule has 3 rings (SSSR count). The van der Waals surface area contributed by atoms with Crippen molar-refractivity contribution >= 4 is 27.5 Å². The van der Waals surface area contributed by atoms with Crippen LogP contribution in [0.4, 0.5) is 18.9 Å². The zero-order chi connectivity index (χ0) is 30.2. The lowest BCUT2D eigenvalue weighted by Gasteiger charge is -2.32. The van der Waals surface area contributed by atoms with Crippen LogP contribution in [0.1, 0.15) is 63.0 Å². The van der Waals surface area contributed by atoms with E-state index in [0.717, 1.165) is 60.0 Å². The molecule has 1 unspecified atom stereocenters. The van der Waals surface area contributed by atoms with Gasteiger partial charge in [0, 0.05) is 25.6 Å². The molecule has 12 heteroatoms. The first-order valence-corrected chi connectivity index (χ1v) is 15.6. The third-order valence-electron chi connectivity index (χ3n) is 7.21. The Bertz CT molecular complexity index is 1280. The predicted molar refractivity (Wildman–Crippen MR) is 151 cm³/mol. The molecule has 226 valence electrons. The number of benzene rings is 2. The molecule has 0 heterocycles. The Labute approximate surface area is 239 Å². The molecular formula is C29H38F3N3O5S. The zero-order valence-corrected chi connectivity index (χ0v) is 24.4. The van der Waals surface area contributed by atoms with E-state index < -0.39 is 27.8 Å². The van der Waals surface area contributed by atoms with E-state index >= 15 is 0 Å². The largest absolute Gasteiger partial charge is 0.497 e. The number of anilines is 1. The van der Waals surface area contributed by atoms with Gasteiger partial charge in [-0.25, -0.2) is 8.42 Å². The number of carbonyl (C=O) groups excluding carboxylic acids is 2. The summed E-state index contributed by atoms with van der Waals surface area (Å²) in [6, 6.07) is 10.5. The summed E-state index contributed by atoms with van der Waals surface area (Å²) in [7, 11) is -2.39. The second-order valence-corrected chi connectivity index (χ2v) is 12.2. The summed E-state index contributed by atoms with van der Waals surface area (Å²) < 4.78 is 70.8. The van der Waals surface area contributed by atoms with Gasteiger partial charge in [-0.2, -0.15) is 13.2 Å². The molecule has 1 saturated carbocycles. The molecule has 0 radical (unpaired) electrons. The fraction of sp³-hybridized carbons (Fsp3) is 0.517. The Balaban J connectivity index is 1.78. The van der Waals surface area contributed by atoms with Crippen molar-refractivity contribution < 1.29 is 35.9 Å². The molecule has 1 aliphatic rings. The monoisotopic (exact) mass is 597 g/mol. The maximum atomic E-state index is 13.6. The lowest BCUT2D eigenvalue weighted by atomic mass is 10.1. The molecule has 0 bridgehead atoms. The van der Waals surface area contributed by atoms with Crippen molar-refractivity contribution in [2.45, 2.75) is 76.7 Å². The maximum absolute atomic E-state index is 13.6. The molecule has 1 fully saturated rings. The number of methoxy groups -OCH3 is 1. The minimum Gasteiger partial charge on any atom is -0.497 e. The fourth-order valence-electron chi connectivity index (χ4n) is 5.06. The van der Waals surface area contributed by atoms with Crippen LogP contribution >= 0.6 is 0 Å². The van der Waals surface area contributed by atoms with Crippen LogP contribution in [-0.2, 0) is 32.3 Å². The molecule has 2 aromatic rings. The average molecular weight is 598 g/mol. The second-order valence-electron chi connectivity index (χ2n) is 10.3. The number of hydrogen-bond acceptors (Lipinski definition) is 5. The van der Waals surface area contributed by atoms with Gasteiger partial charge in [-0.3, -0.25) is 13.9 Å². The second kappa shape index (κ2) is 14.1. The number of amides is 2. The first-order chi connectivity index (χ1) is 19.3. The standard InChI is InChI=1S/C29H38F3N3O5S/c1-4-26(28(37)33-23-10-5-6-11-23)34(20-21-14-16-25(40-2)17-15-21)27(36)13-8-18-35(41(3,38)39)24-12-7-9-22(19-24)29(30,31)32/h7,9,12,14-17,19,23,26H,4-6,8,10-11,13,18,20H2,1-3H3,(H,33,37). The van der Waals surface area contributed by atoms with Crippen LogP contribution in [0.15, 0.2) is 48.5 Å². The van der Waals surface area contributed by atoms with Crippen LogP contribution in [0.2, 0.25) is 0 Å². The van der Waals surface area contributed by atoms with Crippen molar-refractivity contribution in [1.29, 1.82) is 0 Å². The van der Waals surface area contributed by atoms with Crippen molar-refractivity contribution in [3.8, 4) is 5.75 Å². The lowest BCUT2D eigenvalue weighted by molar-refractivity contribution is -0.141. The number of hydrogen-bond donors (Lipinski definition) is 1. The molecule has 0 spiro atoms. The van der Waals surface area contributed by atoms with Crippen LogP contribution < -0.4 is 14.4 Å². The minimum absolute atomic E-state index is 0.0436. The van der Waals surface area contributed by atoms with Gasteiger partial charge in [-0.15, -0.1) is 0 Å². The number of rotatable bonds is 13. The first-order valence-electron chi connectivity index (χ1n) is 13.7. The fourth-order valence-corrected chi connectivity index (χ4v) is 6.01. The van der Waals surface area contributed by atoms with E-state index in [-0.39, 0.29) is 49.5 Å². The smallest absolute Gasteiger partial charge is 0.416 e. The number of halogens is 3. The quantitative estimate of drug-likeness (QED) is 0.346. The van der Waals surface area contributed by atoms with Gasteiger partial charge in [-0.1, -0.05) is 38.0 Å². The Hall–Kier alpha value is -3.28. The summed E-state index contributed by atoms with van der Waals surface area (Å²) in [5, 5.41) is 3.07. The number of ether oxygens (including phenoxy) is 1. The molecule has 1 N–H and O–H groups in total. The summed E-state index contributed by atoms with van der Waals surface area (Å²) in [4.78, 5) is 28.3. The highest BCUT2D eigenvalue weighted by atomic mass is 32.2. The van der Waals surface area contributed by atoms with E-state index in [2.05, 4.69) is 5.32 Å². The number of sulfonamides is 1. The first kappa shape index (κ1) is 32.2. The van der Waals surface area contributed by atoms with Gasteiger partial charge in [0.1, 0.15) is 11.8 Å². The van der Waals surface area contributed by atoms with Crippen molar-refractivity contribution in [3.63, 3.8) is 0 Å². The van der Waals surface area contributed by atoms with Crippen molar-refractivity contribution in [2.24, 2.45) is 0 Å². The molecule has 2 amide bonds. The van der Waals surface area contributed by atoms with E-state index in [4.69, 9.17) is 4.74 Å². The minimum atomic E-state index is -4.63. The molecule has 41 heavy (non-hydrogen) atoms. The molecule has 8 nitrogen and oxygen atoms in total. The number of carbonyl (C=O) groups is 2. The molecule has 0 aromatic heterocycles. The highest BCUT2D eigenvalue weighted by Crippen LogP contribution is 2.32. The van der Waals surface area contributed by atoms with Gasteiger partial charge in [0.15, 0.2) is 0 Å². The highest BCUT2D eigenvalue weighted by molar-refractivity contribution is 7.92. The van der Waals surface area contributed by atoms with Gasteiger partial charge in [0.25, 0.3) is 0 Å². The van der Waals surface area contributed by atoms with Crippen LogP contribution in [0.3, 0.4) is 0 Å². The van der Waals surface area contributed by atoms with Gasteiger partial charge in [0.05, 0.1) is 24.6 Å². The summed E-state index contributed by atoms with van der Waals surface area (Å²) in [6.07, 6.45) is 0.460. The van der Waals surface area contributed by atoms with Crippen molar-refractivity contribution in [2.75, 3.05) is 24.2 Å². The van der Waals surface area contributed by atoms with Gasteiger partial charge in [0.2, 0.25) is 21.8 Å². The predicted octanol–water partition coefficient (Wildman–Crippen LogP) is 5.13. The SMILES string of the molecule is CCC(C(=O)NC1CCCC1)N(Cc1ccc(OC)cc1)C(=O)CCCN(c1cccc(C(F)(F)F)c1)S(C)(=O)=O. The Kier molecular flexibility index (Phi) is 11.1. The van der Waals surface area contributed by atoms with Crippen LogP contribution in [0, 0.1) is 0 Å². The maximum Gasteiger partial charge on any atom is 0.416 e. The van der Waals surface area contributed by atoms with Crippen LogP contribution in [-0.4, -0.2) is 57.1 Å². The van der Waals surface area contributed by atoms with Gasteiger partial charge < -0.3 is 15.0 Å². The molecule has 1 atom stereocenters. The summed E-state index contributed by atoms with van der Waals surface area (Å²) >= 11 is 0. The van der Waals surface area contributed by atoms with E-state index in [1.807, 2.05) is 6.92 Å². The van der Waals surface area contributed by atoms with E-state index in [9.17, 15) is 31.2 Å². The Morgan fingerprint density at radius 1 is 1.10 bits per heavy atom. The average Bonchev–Trinajstić information content (AvgIpc) is 3.43. The van der Waals surface area contributed by atoms with Crippen molar-refractivity contribution in [1.82, 2.24) is 10.2 Å². The molecular weight excluding hydrogens is 559 g/mol. The molecule has 1 aliphatic carbocycles. The topological polar surface area (TPSA) is 96.0 Å².